The number of fused-ring (bicyclic) bond motifs is 1. The number of amides is 2. The number of carbonyl (C=O) groups excluding carboxylic acids is 2. The van der Waals surface area contributed by atoms with Gasteiger partial charge in [-0.1, -0.05) is 19.1 Å². The van der Waals surface area contributed by atoms with Crippen molar-refractivity contribution >= 4 is 39.6 Å². The number of hydrazone groups is 1. The molecular formula is C23H25F3N8O4S. The van der Waals surface area contributed by atoms with Crippen LogP contribution < -0.4 is 10.3 Å². The SMILES string of the molecule is CCc1nc2ncc(C(=O)N(C)C)cn2c1C(=O)NCc1ccc(N2CCN(S(=O)(=O)C(F)(F)F)C=N2)cc1. The molecule has 39 heavy (non-hydrogen) atoms. The summed E-state index contributed by atoms with van der Waals surface area (Å²) in [6, 6.07) is 6.71. The van der Waals surface area contributed by atoms with Crippen molar-refractivity contribution in [2.45, 2.75) is 25.4 Å². The Morgan fingerprint density at radius 2 is 1.82 bits per heavy atom. The van der Waals surface area contributed by atoms with E-state index < -0.39 is 28.0 Å². The summed E-state index contributed by atoms with van der Waals surface area (Å²) >= 11 is 0. The zero-order chi connectivity index (χ0) is 28.5. The van der Waals surface area contributed by atoms with Crippen molar-refractivity contribution in [3.05, 3.63) is 59.2 Å². The molecule has 2 aromatic heterocycles. The number of hydrogen-bond donors (Lipinski definition) is 1. The molecule has 0 radical (unpaired) electrons. The minimum atomic E-state index is -5.49. The smallest absolute Gasteiger partial charge is 0.347 e. The highest BCUT2D eigenvalue weighted by Crippen LogP contribution is 2.27. The fourth-order valence-electron chi connectivity index (χ4n) is 3.83. The lowest BCUT2D eigenvalue weighted by Gasteiger charge is -2.29. The Morgan fingerprint density at radius 1 is 1.13 bits per heavy atom. The molecule has 4 rings (SSSR count). The van der Waals surface area contributed by atoms with Crippen molar-refractivity contribution in [3.63, 3.8) is 0 Å². The zero-order valence-electron chi connectivity index (χ0n) is 21.2. The van der Waals surface area contributed by atoms with E-state index in [1.165, 1.54) is 26.7 Å². The number of hydrogen-bond acceptors (Lipinski definition) is 8. The average Bonchev–Trinajstić information content (AvgIpc) is 3.29. The van der Waals surface area contributed by atoms with Gasteiger partial charge in [-0.2, -0.15) is 26.7 Å². The quantitative estimate of drug-likeness (QED) is 0.462. The summed E-state index contributed by atoms with van der Waals surface area (Å²) in [6.45, 7) is 1.51. The van der Waals surface area contributed by atoms with Crippen LogP contribution in [-0.2, 0) is 23.0 Å². The summed E-state index contributed by atoms with van der Waals surface area (Å²) in [4.78, 5) is 35.5. The monoisotopic (exact) mass is 566 g/mol. The van der Waals surface area contributed by atoms with Crippen LogP contribution in [0.15, 0.2) is 41.8 Å². The van der Waals surface area contributed by atoms with Gasteiger partial charge in [0.1, 0.15) is 12.0 Å². The highest BCUT2D eigenvalue weighted by Gasteiger charge is 2.50. The molecule has 0 atom stereocenters. The maximum atomic E-state index is 13.1. The van der Waals surface area contributed by atoms with Crippen molar-refractivity contribution in [1.29, 1.82) is 0 Å². The number of nitrogens with one attached hydrogen (secondary N) is 1. The fourth-order valence-corrected chi connectivity index (χ4v) is 4.58. The molecule has 2 amide bonds. The second-order valence-corrected chi connectivity index (χ2v) is 10.6. The van der Waals surface area contributed by atoms with Crippen LogP contribution in [0.3, 0.4) is 0 Å². The molecule has 1 aliphatic rings. The largest absolute Gasteiger partial charge is 0.516 e. The van der Waals surface area contributed by atoms with Gasteiger partial charge >= 0.3 is 15.5 Å². The van der Waals surface area contributed by atoms with E-state index in [-0.39, 0.29) is 29.0 Å². The van der Waals surface area contributed by atoms with Gasteiger partial charge in [0.05, 0.1) is 30.0 Å². The van der Waals surface area contributed by atoms with E-state index in [4.69, 9.17) is 0 Å². The predicted molar refractivity (Wildman–Crippen MR) is 136 cm³/mol. The van der Waals surface area contributed by atoms with Gasteiger partial charge in [-0.25, -0.2) is 14.3 Å². The van der Waals surface area contributed by atoms with Crippen LogP contribution in [0.5, 0.6) is 0 Å². The van der Waals surface area contributed by atoms with Crippen molar-refractivity contribution < 1.29 is 31.2 Å². The van der Waals surface area contributed by atoms with Gasteiger partial charge < -0.3 is 10.2 Å². The van der Waals surface area contributed by atoms with E-state index in [9.17, 15) is 31.2 Å². The summed E-state index contributed by atoms with van der Waals surface area (Å²) in [5, 5.41) is 8.02. The predicted octanol–water partition coefficient (Wildman–Crippen LogP) is 1.84. The summed E-state index contributed by atoms with van der Waals surface area (Å²) in [5.74, 6) is -0.387. The van der Waals surface area contributed by atoms with E-state index >= 15 is 0 Å². The molecule has 0 bridgehead atoms. The molecule has 0 aliphatic carbocycles. The van der Waals surface area contributed by atoms with Gasteiger partial charge in [0, 0.05) is 33.0 Å². The first-order chi connectivity index (χ1) is 18.3. The van der Waals surface area contributed by atoms with Crippen LogP contribution in [0.1, 0.15) is 39.0 Å². The van der Waals surface area contributed by atoms with Gasteiger partial charge in [-0.3, -0.25) is 19.0 Å². The van der Waals surface area contributed by atoms with Gasteiger partial charge in [0.15, 0.2) is 0 Å². The van der Waals surface area contributed by atoms with E-state index in [1.54, 1.807) is 38.4 Å². The normalized spacial score (nSPS) is 14.1. The molecule has 0 saturated heterocycles. The van der Waals surface area contributed by atoms with Crippen LogP contribution in [-0.4, -0.2) is 82.8 Å². The Labute approximate surface area is 221 Å². The fraction of sp³-hybridized carbons (Fsp3) is 0.348. The number of sulfonamides is 1. The number of halogens is 3. The first-order valence-electron chi connectivity index (χ1n) is 11.7. The summed E-state index contributed by atoms with van der Waals surface area (Å²) < 4.78 is 62.9. The Kier molecular flexibility index (Phi) is 7.50. The molecule has 1 aliphatic heterocycles. The maximum absolute atomic E-state index is 13.1. The topological polar surface area (TPSA) is 133 Å². The maximum Gasteiger partial charge on any atom is 0.516 e. The van der Waals surface area contributed by atoms with Crippen LogP contribution in [0.2, 0.25) is 0 Å². The third-order valence-electron chi connectivity index (χ3n) is 5.90. The van der Waals surface area contributed by atoms with Crippen LogP contribution in [0.4, 0.5) is 18.9 Å². The second kappa shape index (κ2) is 10.5. The zero-order valence-corrected chi connectivity index (χ0v) is 22.0. The van der Waals surface area contributed by atoms with Crippen molar-refractivity contribution in [2.75, 3.05) is 32.2 Å². The number of aromatic nitrogens is 3. The van der Waals surface area contributed by atoms with Crippen molar-refractivity contribution in [3.8, 4) is 0 Å². The second-order valence-electron chi connectivity index (χ2n) is 8.74. The molecule has 0 fully saturated rings. The number of benzene rings is 1. The number of aryl methyl sites for hydroxylation is 1. The minimum Gasteiger partial charge on any atom is -0.347 e. The molecule has 0 spiro atoms. The van der Waals surface area contributed by atoms with E-state index in [0.29, 0.717) is 35.5 Å². The van der Waals surface area contributed by atoms with Crippen molar-refractivity contribution in [2.24, 2.45) is 5.10 Å². The molecule has 3 heterocycles. The Bertz CT molecular complexity index is 1540. The third kappa shape index (κ3) is 5.50. The molecule has 12 nitrogen and oxygen atoms in total. The Balaban J connectivity index is 1.45. The van der Waals surface area contributed by atoms with E-state index in [2.05, 4.69) is 20.4 Å². The van der Waals surface area contributed by atoms with Gasteiger partial charge in [0.2, 0.25) is 5.78 Å². The molecule has 16 heteroatoms. The number of anilines is 1. The molecule has 1 aromatic carbocycles. The highest BCUT2D eigenvalue weighted by molar-refractivity contribution is 7.90. The average molecular weight is 567 g/mol. The first kappa shape index (κ1) is 27.8. The summed E-state index contributed by atoms with van der Waals surface area (Å²) in [6.07, 6.45) is 4.04. The number of alkyl halides is 3. The number of carbonyl (C=O) groups is 2. The Morgan fingerprint density at radius 3 is 2.38 bits per heavy atom. The van der Waals surface area contributed by atoms with Crippen molar-refractivity contribution in [1.82, 2.24) is 28.9 Å². The standard InChI is InChI=1S/C23H25F3N8O4S/c1-4-18-19(33-13-16(21(36)31(2)3)12-28-22(33)30-18)20(35)27-11-15-5-7-17(8-6-15)34-10-9-32(14-29-34)39(37,38)23(24,25)26/h5-8,12-14H,4,9-11H2,1-3H3,(H,27,35). The van der Waals surface area contributed by atoms with Gasteiger partial charge in [-0.05, 0) is 24.1 Å². The summed E-state index contributed by atoms with van der Waals surface area (Å²) in [7, 11) is -2.26. The lowest BCUT2D eigenvalue weighted by molar-refractivity contribution is -0.0471. The van der Waals surface area contributed by atoms with E-state index in [1.807, 2.05) is 6.92 Å². The molecule has 3 aromatic rings. The number of imidazole rings is 1. The molecule has 1 N–H and O–H groups in total. The first-order valence-corrected chi connectivity index (χ1v) is 13.1. The van der Waals surface area contributed by atoms with Gasteiger partial charge in [-0.15, -0.1) is 0 Å². The molecule has 0 saturated carbocycles. The third-order valence-corrected chi connectivity index (χ3v) is 7.38. The number of rotatable bonds is 7. The molecular weight excluding hydrogens is 541 g/mol. The van der Waals surface area contributed by atoms with Gasteiger partial charge in [0.25, 0.3) is 11.8 Å². The van der Waals surface area contributed by atoms with Crippen LogP contribution in [0, 0.1) is 0 Å². The van der Waals surface area contributed by atoms with Crippen LogP contribution >= 0.6 is 0 Å². The Hall–Kier alpha value is -4.21. The minimum absolute atomic E-state index is 0.0810. The number of nitrogens with zero attached hydrogens (tertiary/aromatic N) is 7. The molecule has 208 valence electrons. The molecule has 0 unspecified atom stereocenters. The lowest BCUT2D eigenvalue weighted by Crippen LogP contribution is -2.46. The van der Waals surface area contributed by atoms with Crippen LogP contribution in [0.25, 0.3) is 5.78 Å². The van der Waals surface area contributed by atoms with E-state index in [0.717, 1.165) is 5.56 Å². The highest BCUT2D eigenvalue weighted by atomic mass is 32.2. The summed E-state index contributed by atoms with van der Waals surface area (Å²) in [5.41, 5.74) is -3.05. The lowest BCUT2D eigenvalue weighted by atomic mass is 10.2.